The quantitative estimate of drug-likeness (QED) is 0.799. The Morgan fingerprint density at radius 2 is 1.64 bits per heavy atom. The summed E-state index contributed by atoms with van der Waals surface area (Å²) in [4.78, 5) is 23.7. The van der Waals surface area contributed by atoms with E-state index in [-0.39, 0.29) is 24.3 Å². The number of nitrogens with one attached hydrogen (secondary N) is 2. The predicted molar refractivity (Wildman–Crippen MR) is 90.4 cm³/mol. The van der Waals surface area contributed by atoms with Gasteiger partial charge in [0.1, 0.15) is 6.42 Å². The second-order valence-electron chi connectivity index (χ2n) is 4.93. The first-order valence-corrected chi connectivity index (χ1v) is 7.73. The van der Waals surface area contributed by atoms with Crippen molar-refractivity contribution >= 4 is 33.4 Å². The fourth-order valence-corrected chi connectivity index (χ4v) is 2.27. The molecule has 0 aromatic heterocycles. The second-order valence-corrected chi connectivity index (χ2v) is 5.85. The molecule has 1 unspecified atom stereocenters. The second kappa shape index (κ2) is 7.75. The average molecular weight is 361 g/mol. The first-order chi connectivity index (χ1) is 10.5. The molecule has 2 N–H and O–H groups in total. The number of hydrogen-bond donors (Lipinski definition) is 2. The number of halogens is 1. The molecule has 114 valence electrons. The van der Waals surface area contributed by atoms with E-state index in [1.807, 2.05) is 49.4 Å². The van der Waals surface area contributed by atoms with Crippen LogP contribution in [0.4, 0.5) is 5.69 Å². The molecule has 2 amide bonds. The molecule has 0 fully saturated rings. The maximum atomic E-state index is 11.9. The molecule has 0 saturated carbocycles. The maximum Gasteiger partial charge on any atom is 0.233 e. The highest BCUT2D eigenvalue weighted by molar-refractivity contribution is 9.10. The molecule has 0 aliphatic heterocycles. The van der Waals surface area contributed by atoms with Crippen molar-refractivity contribution in [2.75, 3.05) is 5.32 Å². The molecule has 4 nitrogen and oxygen atoms in total. The monoisotopic (exact) mass is 360 g/mol. The minimum Gasteiger partial charge on any atom is -0.349 e. The summed E-state index contributed by atoms with van der Waals surface area (Å²) in [6, 6.07) is 16.7. The van der Waals surface area contributed by atoms with E-state index >= 15 is 0 Å². The lowest BCUT2D eigenvalue weighted by Crippen LogP contribution is -2.30. The lowest BCUT2D eigenvalue weighted by atomic mass is 10.1. The number of amides is 2. The van der Waals surface area contributed by atoms with Crippen LogP contribution in [0.5, 0.6) is 0 Å². The molecule has 1 atom stereocenters. The Bertz CT molecular complexity index is 641. The highest BCUT2D eigenvalue weighted by atomic mass is 79.9. The van der Waals surface area contributed by atoms with Crippen LogP contribution in [0.2, 0.25) is 0 Å². The molecule has 0 bridgehead atoms. The minimum absolute atomic E-state index is 0.130. The molecule has 5 heteroatoms. The van der Waals surface area contributed by atoms with Crippen LogP contribution in [0, 0.1) is 0 Å². The van der Waals surface area contributed by atoms with E-state index in [1.54, 1.807) is 12.1 Å². The molecule has 0 radical (unpaired) electrons. The van der Waals surface area contributed by atoms with Crippen LogP contribution in [0.15, 0.2) is 59.1 Å². The molecule has 22 heavy (non-hydrogen) atoms. The highest BCUT2D eigenvalue weighted by Crippen LogP contribution is 2.14. The third-order valence-electron chi connectivity index (χ3n) is 3.13. The van der Waals surface area contributed by atoms with Gasteiger partial charge in [-0.2, -0.15) is 0 Å². The fraction of sp³-hybridized carbons (Fsp3) is 0.176. The molecule has 0 aliphatic rings. The van der Waals surface area contributed by atoms with Crippen LogP contribution in [-0.4, -0.2) is 11.8 Å². The number of hydrogen-bond acceptors (Lipinski definition) is 2. The summed E-state index contributed by atoms with van der Waals surface area (Å²) in [5.74, 6) is -0.633. The SMILES string of the molecule is CC(NC(=O)CC(=O)Nc1ccc(Br)cc1)c1ccccc1. The topological polar surface area (TPSA) is 58.2 Å². The molecular weight excluding hydrogens is 344 g/mol. The van der Waals surface area contributed by atoms with Gasteiger partial charge in [0.2, 0.25) is 11.8 Å². The van der Waals surface area contributed by atoms with E-state index in [2.05, 4.69) is 26.6 Å². The van der Waals surface area contributed by atoms with Gasteiger partial charge >= 0.3 is 0 Å². The van der Waals surface area contributed by atoms with Gasteiger partial charge in [-0.1, -0.05) is 46.3 Å². The van der Waals surface area contributed by atoms with Crippen LogP contribution in [0.3, 0.4) is 0 Å². The van der Waals surface area contributed by atoms with E-state index in [4.69, 9.17) is 0 Å². The Morgan fingerprint density at radius 1 is 1.00 bits per heavy atom. The summed E-state index contributed by atoms with van der Waals surface area (Å²) < 4.78 is 0.930. The number of anilines is 1. The fourth-order valence-electron chi connectivity index (χ4n) is 2.00. The largest absolute Gasteiger partial charge is 0.349 e. The summed E-state index contributed by atoms with van der Waals surface area (Å²) in [7, 11) is 0. The molecule has 0 spiro atoms. The zero-order valence-electron chi connectivity index (χ0n) is 12.2. The zero-order chi connectivity index (χ0) is 15.9. The standard InChI is InChI=1S/C17H17BrN2O2/c1-12(13-5-3-2-4-6-13)19-16(21)11-17(22)20-15-9-7-14(18)8-10-15/h2-10,12H,11H2,1H3,(H,19,21)(H,20,22). The van der Waals surface area contributed by atoms with Crippen molar-refractivity contribution in [2.45, 2.75) is 19.4 Å². The summed E-state index contributed by atoms with van der Waals surface area (Å²) in [6.45, 7) is 1.89. The van der Waals surface area contributed by atoms with Crippen LogP contribution < -0.4 is 10.6 Å². The lowest BCUT2D eigenvalue weighted by molar-refractivity contribution is -0.127. The summed E-state index contributed by atoms with van der Waals surface area (Å²) in [5, 5.41) is 5.51. The summed E-state index contributed by atoms with van der Waals surface area (Å²) in [6.07, 6.45) is -0.201. The molecular formula is C17H17BrN2O2. The first-order valence-electron chi connectivity index (χ1n) is 6.94. The number of carbonyl (C=O) groups excluding carboxylic acids is 2. The summed E-state index contributed by atoms with van der Waals surface area (Å²) in [5.41, 5.74) is 1.67. The number of carbonyl (C=O) groups is 2. The Labute approximate surface area is 138 Å². The van der Waals surface area contributed by atoms with Gasteiger partial charge in [0.25, 0.3) is 0 Å². The maximum absolute atomic E-state index is 11.9. The van der Waals surface area contributed by atoms with Gasteiger partial charge < -0.3 is 10.6 Å². The van der Waals surface area contributed by atoms with Gasteiger partial charge in [0.15, 0.2) is 0 Å². The molecule has 2 aromatic carbocycles. The van der Waals surface area contributed by atoms with Gasteiger partial charge in [-0.3, -0.25) is 9.59 Å². The van der Waals surface area contributed by atoms with E-state index < -0.39 is 0 Å². The van der Waals surface area contributed by atoms with E-state index in [0.29, 0.717) is 5.69 Å². The van der Waals surface area contributed by atoms with Crippen molar-refractivity contribution in [3.63, 3.8) is 0 Å². The van der Waals surface area contributed by atoms with Gasteiger partial charge in [-0.05, 0) is 36.8 Å². The summed E-state index contributed by atoms with van der Waals surface area (Å²) >= 11 is 3.32. The van der Waals surface area contributed by atoms with Crippen molar-refractivity contribution in [1.29, 1.82) is 0 Å². The Morgan fingerprint density at radius 3 is 2.27 bits per heavy atom. The van der Waals surface area contributed by atoms with Crippen LogP contribution in [0.1, 0.15) is 24.9 Å². The third-order valence-corrected chi connectivity index (χ3v) is 3.65. The van der Waals surface area contributed by atoms with E-state index in [0.717, 1.165) is 10.0 Å². The molecule has 0 heterocycles. The van der Waals surface area contributed by atoms with E-state index in [9.17, 15) is 9.59 Å². The average Bonchev–Trinajstić information content (AvgIpc) is 2.50. The normalized spacial score (nSPS) is 11.5. The Kier molecular flexibility index (Phi) is 5.72. The zero-order valence-corrected chi connectivity index (χ0v) is 13.8. The molecule has 2 aromatic rings. The number of benzene rings is 2. The highest BCUT2D eigenvalue weighted by Gasteiger charge is 2.13. The Hall–Kier alpha value is -2.14. The lowest BCUT2D eigenvalue weighted by Gasteiger charge is -2.14. The van der Waals surface area contributed by atoms with E-state index in [1.165, 1.54) is 0 Å². The van der Waals surface area contributed by atoms with Gasteiger partial charge in [0.05, 0.1) is 6.04 Å². The van der Waals surface area contributed by atoms with Crippen LogP contribution in [0.25, 0.3) is 0 Å². The van der Waals surface area contributed by atoms with Gasteiger partial charge in [-0.15, -0.1) is 0 Å². The van der Waals surface area contributed by atoms with Gasteiger partial charge in [-0.25, -0.2) is 0 Å². The van der Waals surface area contributed by atoms with Crippen molar-refractivity contribution in [2.24, 2.45) is 0 Å². The Balaban J connectivity index is 1.83. The van der Waals surface area contributed by atoms with Crippen molar-refractivity contribution in [1.82, 2.24) is 5.32 Å². The van der Waals surface area contributed by atoms with Crippen molar-refractivity contribution in [3.05, 3.63) is 64.6 Å². The van der Waals surface area contributed by atoms with Crippen LogP contribution in [-0.2, 0) is 9.59 Å². The first kappa shape index (κ1) is 16.2. The van der Waals surface area contributed by atoms with Gasteiger partial charge in [0, 0.05) is 10.2 Å². The predicted octanol–water partition coefficient (Wildman–Crippen LogP) is 3.66. The number of rotatable bonds is 5. The minimum atomic E-state index is -0.333. The van der Waals surface area contributed by atoms with Crippen molar-refractivity contribution in [3.8, 4) is 0 Å². The third kappa shape index (κ3) is 5.00. The molecule has 2 rings (SSSR count). The van der Waals surface area contributed by atoms with Crippen LogP contribution >= 0.6 is 15.9 Å². The molecule has 0 aliphatic carbocycles. The van der Waals surface area contributed by atoms with Crippen molar-refractivity contribution < 1.29 is 9.59 Å². The molecule has 0 saturated heterocycles. The smallest absolute Gasteiger partial charge is 0.233 e.